The minimum atomic E-state index is 0.212. The lowest BCUT2D eigenvalue weighted by Crippen LogP contribution is -2.42. The van der Waals surface area contributed by atoms with E-state index < -0.39 is 0 Å². The van der Waals surface area contributed by atoms with Crippen LogP contribution in [0.15, 0.2) is 18.2 Å². The highest BCUT2D eigenvalue weighted by Crippen LogP contribution is 2.19. The molecular formula is C14H19N3OS. The highest BCUT2D eigenvalue weighted by atomic mass is 32.1. The van der Waals surface area contributed by atoms with E-state index in [-0.39, 0.29) is 6.10 Å². The van der Waals surface area contributed by atoms with Crippen molar-refractivity contribution < 1.29 is 4.74 Å². The summed E-state index contributed by atoms with van der Waals surface area (Å²) in [5.74, 6) is 0. The van der Waals surface area contributed by atoms with E-state index in [4.69, 9.17) is 17.0 Å². The summed E-state index contributed by atoms with van der Waals surface area (Å²) in [6.07, 6.45) is 0.212. The minimum Gasteiger partial charge on any atom is -0.374 e. The zero-order chi connectivity index (χ0) is 13.4. The van der Waals surface area contributed by atoms with E-state index in [1.165, 1.54) is 11.1 Å². The Morgan fingerprint density at radius 2 is 2.32 bits per heavy atom. The fraction of sp³-hybridized carbons (Fsp3) is 0.500. The number of imidazole rings is 1. The normalized spacial score (nSPS) is 21.1. The molecule has 1 aliphatic heterocycles. The van der Waals surface area contributed by atoms with Gasteiger partial charge in [0.1, 0.15) is 0 Å². The lowest BCUT2D eigenvalue weighted by molar-refractivity contribution is -0.0271. The molecule has 0 bridgehead atoms. The first-order chi connectivity index (χ1) is 9.15. The molecule has 1 fully saturated rings. The minimum absolute atomic E-state index is 0.212. The van der Waals surface area contributed by atoms with Crippen molar-refractivity contribution in [2.45, 2.75) is 19.6 Å². The lowest BCUT2D eigenvalue weighted by atomic mass is 10.2. The standard InChI is InChI=1S/C14H19N3OS/c1-10-4-3-5-12-13(10)17(14(19)15-12)9-11-8-16(2)6-7-18-11/h3-5,11H,6-9H2,1-2H3,(H,15,19). The topological polar surface area (TPSA) is 33.2 Å². The molecule has 1 N–H and O–H groups in total. The van der Waals surface area contributed by atoms with E-state index in [9.17, 15) is 0 Å². The van der Waals surface area contributed by atoms with Crippen molar-refractivity contribution in [2.24, 2.45) is 0 Å². The second kappa shape index (κ2) is 5.07. The quantitative estimate of drug-likeness (QED) is 0.855. The number of aromatic nitrogens is 2. The van der Waals surface area contributed by atoms with Gasteiger partial charge in [-0.1, -0.05) is 12.1 Å². The predicted octanol–water partition coefficient (Wildman–Crippen LogP) is 2.34. The fourth-order valence-corrected chi connectivity index (χ4v) is 3.03. The van der Waals surface area contributed by atoms with E-state index in [1.807, 2.05) is 0 Å². The van der Waals surface area contributed by atoms with Crippen molar-refractivity contribution in [3.8, 4) is 0 Å². The monoisotopic (exact) mass is 277 g/mol. The summed E-state index contributed by atoms with van der Waals surface area (Å²) in [6, 6.07) is 6.25. The Balaban J connectivity index is 1.96. The summed E-state index contributed by atoms with van der Waals surface area (Å²) < 4.78 is 8.79. The lowest BCUT2D eigenvalue weighted by Gasteiger charge is -2.30. The first kappa shape index (κ1) is 12.8. The molecule has 1 aliphatic rings. The van der Waals surface area contributed by atoms with E-state index >= 15 is 0 Å². The number of para-hydroxylation sites is 1. The Bertz CT molecular complexity index is 646. The number of fused-ring (bicyclic) bond motifs is 1. The number of rotatable bonds is 2. The highest BCUT2D eigenvalue weighted by Gasteiger charge is 2.19. The number of benzene rings is 1. The number of hydrogen-bond acceptors (Lipinski definition) is 3. The molecule has 2 aromatic rings. The van der Waals surface area contributed by atoms with Gasteiger partial charge in [0, 0.05) is 13.1 Å². The summed E-state index contributed by atoms with van der Waals surface area (Å²) in [7, 11) is 2.13. The Morgan fingerprint density at radius 3 is 3.11 bits per heavy atom. The molecule has 0 aliphatic carbocycles. The molecule has 4 nitrogen and oxygen atoms in total. The molecule has 3 rings (SSSR count). The molecule has 5 heteroatoms. The molecule has 2 heterocycles. The molecule has 0 amide bonds. The smallest absolute Gasteiger partial charge is 0.178 e. The van der Waals surface area contributed by atoms with Crippen LogP contribution in [-0.4, -0.2) is 47.3 Å². The van der Waals surface area contributed by atoms with Crippen LogP contribution in [0, 0.1) is 11.7 Å². The number of H-pyrrole nitrogens is 1. The van der Waals surface area contributed by atoms with Crippen LogP contribution in [0.1, 0.15) is 5.56 Å². The number of likely N-dealkylation sites (N-methyl/N-ethyl adjacent to an activating group) is 1. The van der Waals surface area contributed by atoms with Crippen molar-refractivity contribution >= 4 is 23.3 Å². The number of morpholine rings is 1. The van der Waals surface area contributed by atoms with Crippen LogP contribution in [0.5, 0.6) is 0 Å². The summed E-state index contributed by atoms with van der Waals surface area (Å²) >= 11 is 5.45. The molecule has 1 atom stereocenters. The summed E-state index contributed by atoms with van der Waals surface area (Å²) in [4.78, 5) is 5.58. The second-order valence-corrected chi connectivity index (χ2v) is 5.65. The molecule has 1 saturated heterocycles. The highest BCUT2D eigenvalue weighted by molar-refractivity contribution is 7.71. The van der Waals surface area contributed by atoms with Crippen molar-refractivity contribution in [3.05, 3.63) is 28.5 Å². The maximum atomic E-state index is 5.84. The third kappa shape index (κ3) is 2.45. The molecule has 102 valence electrons. The Labute approximate surface area is 118 Å². The number of aryl methyl sites for hydroxylation is 1. The van der Waals surface area contributed by atoms with Crippen LogP contribution < -0.4 is 0 Å². The van der Waals surface area contributed by atoms with Crippen LogP contribution in [0.25, 0.3) is 11.0 Å². The van der Waals surface area contributed by atoms with Gasteiger partial charge in [0.25, 0.3) is 0 Å². The number of ether oxygens (including phenoxy) is 1. The van der Waals surface area contributed by atoms with Crippen LogP contribution in [0.2, 0.25) is 0 Å². The molecular weight excluding hydrogens is 258 g/mol. The van der Waals surface area contributed by atoms with Gasteiger partial charge in [0.2, 0.25) is 0 Å². The van der Waals surface area contributed by atoms with Gasteiger partial charge in [-0.3, -0.25) is 0 Å². The van der Waals surface area contributed by atoms with Crippen LogP contribution >= 0.6 is 12.2 Å². The van der Waals surface area contributed by atoms with Gasteiger partial charge >= 0.3 is 0 Å². The maximum absolute atomic E-state index is 5.84. The van der Waals surface area contributed by atoms with E-state index in [1.54, 1.807) is 0 Å². The van der Waals surface area contributed by atoms with Gasteiger partial charge in [-0.2, -0.15) is 0 Å². The third-order valence-corrected chi connectivity index (χ3v) is 4.04. The van der Waals surface area contributed by atoms with Gasteiger partial charge in [-0.15, -0.1) is 0 Å². The SMILES string of the molecule is Cc1cccc2[nH]c(=S)n(CC3CN(C)CCO3)c12. The van der Waals surface area contributed by atoms with Gasteiger partial charge in [0.05, 0.1) is 30.3 Å². The largest absolute Gasteiger partial charge is 0.374 e. The summed E-state index contributed by atoms with van der Waals surface area (Å²) in [5, 5.41) is 0. The number of nitrogens with one attached hydrogen (secondary N) is 1. The van der Waals surface area contributed by atoms with Gasteiger partial charge in [-0.05, 0) is 37.8 Å². The van der Waals surface area contributed by atoms with Crippen molar-refractivity contribution in [3.63, 3.8) is 0 Å². The van der Waals surface area contributed by atoms with Crippen molar-refractivity contribution in [2.75, 3.05) is 26.7 Å². The number of nitrogens with zero attached hydrogens (tertiary/aromatic N) is 2. The zero-order valence-electron chi connectivity index (χ0n) is 11.3. The average molecular weight is 277 g/mol. The van der Waals surface area contributed by atoms with E-state index in [0.717, 1.165) is 36.5 Å². The third-order valence-electron chi connectivity index (χ3n) is 3.72. The Morgan fingerprint density at radius 1 is 1.47 bits per heavy atom. The second-order valence-electron chi connectivity index (χ2n) is 5.27. The zero-order valence-corrected chi connectivity index (χ0v) is 12.2. The molecule has 1 aromatic carbocycles. The molecule has 0 radical (unpaired) electrons. The van der Waals surface area contributed by atoms with Gasteiger partial charge in [-0.25, -0.2) is 0 Å². The average Bonchev–Trinajstić information content (AvgIpc) is 2.67. The Hall–Kier alpha value is -1.17. The first-order valence-corrected chi connectivity index (χ1v) is 7.04. The number of hydrogen-bond donors (Lipinski definition) is 1. The molecule has 0 spiro atoms. The van der Waals surface area contributed by atoms with Crippen molar-refractivity contribution in [1.82, 2.24) is 14.5 Å². The van der Waals surface area contributed by atoms with E-state index in [2.05, 4.69) is 46.6 Å². The van der Waals surface area contributed by atoms with Gasteiger partial charge in [0.15, 0.2) is 4.77 Å². The molecule has 1 unspecified atom stereocenters. The van der Waals surface area contributed by atoms with E-state index in [0.29, 0.717) is 0 Å². The summed E-state index contributed by atoms with van der Waals surface area (Å²) in [5.41, 5.74) is 3.55. The fourth-order valence-electron chi connectivity index (χ4n) is 2.76. The van der Waals surface area contributed by atoms with Crippen LogP contribution in [0.4, 0.5) is 0 Å². The predicted molar refractivity (Wildman–Crippen MR) is 79.1 cm³/mol. The maximum Gasteiger partial charge on any atom is 0.178 e. The molecule has 0 saturated carbocycles. The van der Waals surface area contributed by atoms with Crippen molar-refractivity contribution in [1.29, 1.82) is 0 Å². The summed E-state index contributed by atoms with van der Waals surface area (Å²) in [6.45, 7) is 5.70. The first-order valence-electron chi connectivity index (χ1n) is 6.63. The van der Waals surface area contributed by atoms with Crippen LogP contribution in [-0.2, 0) is 11.3 Å². The molecule has 1 aromatic heterocycles. The number of aromatic amines is 1. The van der Waals surface area contributed by atoms with Crippen LogP contribution in [0.3, 0.4) is 0 Å². The van der Waals surface area contributed by atoms with Gasteiger partial charge < -0.3 is 19.2 Å². The molecule has 19 heavy (non-hydrogen) atoms. The Kier molecular flexibility index (Phi) is 3.43.